The van der Waals surface area contributed by atoms with Crippen LogP contribution >= 0.6 is 11.6 Å². The average molecular weight is 552 g/mol. The molecule has 0 aliphatic heterocycles. The van der Waals surface area contributed by atoms with Crippen molar-refractivity contribution in [1.29, 1.82) is 0 Å². The van der Waals surface area contributed by atoms with Gasteiger partial charge in [-0.15, -0.1) is 0 Å². The first-order chi connectivity index (χ1) is 18.7. The highest BCUT2D eigenvalue weighted by molar-refractivity contribution is 6.32. The topological polar surface area (TPSA) is 152 Å². The molecule has 202 valence electrons. The summed E-state index contributed by atoms with van der Waals surface area (Å²) in [5, 5.41) is 18.7. The number of alkyl carbamates (subject to hydrolysis) is 1. The summed E-state index contributed by atoms with van der Waals surface area (Å²) >= 11 is 5.87. The summed E-state index contributed by atoms with van der Waals surface area (Å²) in [6.07, 6.45) is 2.56. The number of carbonyl (C=O) groups is 2. The van der Waals surface area contributed by atoms with E-state index in [9.17, 15) is 19.7 Å². The van der Waals surface area contributed by atoms with E-state index in [0.29, 0.717) is 17.1 Å². The third-order valence-electron chi connectivity index (χ3n) is 5.68. The van der Waals surface area contributed by atoms with Crippen LogP contribution in [-0.4, -0.2) is 40.8 Å². The molecule has 0 aliphatic rings. The molecule has 11 nitrogen and oxygen atoms in total. The maximum Gasteiger partial charge on any atom is 0.407 e. The molecule has 0 bridgehead atoms. The van der Waals surface area contributed by atoms with Crippen LogP contribution in [0.25, 0.3) is 22.2 Å². The van der Waals surface area contributed by atoms with E-state index in [1.165, 1.54) is 18.3 Å². The van der Waals surface area contributed by atoms with E-state index in [-0.39, 0.29) is 29.7 Å². The lowest BCUT2D eigenvalue weighted by atomic mass is 10.0. The third-order valence-corrected chi connectivity index (χ3v) is 6.00. The fourth-order valence-corrected chi connectivity index (χ4v) is 3.96. The van der Waals surface area contributed by atoms with Gasteiger partial charge < -0.3 is 19.5 Å². The van der Waals surface area contributed by atoms with Crippen LogP contribution in [0.2, 0.25) is 5.02 Å². The number of carbonyl (C=O) groups excluding carboxylic acids is 2. The Hall–Kier alpha value is -4.64. The second kappa shape index (κ2) is 12.3. The van der Waals surface area contributed by atoms with Crippen molar-refractivity contribution in [2.75, 3.05) is 6.61 Å². The van der Waals surface area contributed by atoms with E-state index in [1.807, 2.05) is 38.1 Å². The van der Waals surface area contributed by atoms with Crippen molar-refractivity contribution >= 4 is 46.4 Å². The van der Waals surface area contributed by atoms with E-state index < -0.39 is 23.0 Å². The molecular weight excluding hydrogens is 526 g/mol. The Morgan fingerprint density at radius 3 is 2.77 bits per heavy atom. The molecule has 2 aromatic carbocycles. The molecule has 2 aromatic heterocycles. The standard InChI is InChI=1S/C27H26ClN5O6/c1-16(2)15-38-27(35)31-23(11-18-13-29-22-6-4-3-5-20(18)22)26(34)32-30-14-19-8-10-25(39-19)17-7-9-21(28)24(12-17)33(36)37/h3-10,12-14,16,23,29H,11,15H2,1-2H3,(H,31,35)(H,32,34)/b30-14-/t23-/m1/s1. The van der Waals surface area contributed by atoms with Crippen LogP contribution in [0.5, 0.6) is 0 Å². The van der Waals surface area contributed by atoms with Gasteiger partial charge in [0.2, 0.25) is 0 Å². The van der Waals surface area contributed by atoms with E-state index in [2.05, 4.69) is 20.8 Å². The van der Waals surface area contributed by atoms with Crippen molar-refractivity contribution in [2.24, 2.45) is 11.0 Å². The molecule has 39 heavy (non-hydrogen) atoms. The van der Waals surface area contributed by atoms with Crippen LogP contribution in [0.4, 0.5) is 10.5 Å². The number of H-pyrrole nitrogens is 1. The zero-order valence-electron chi connectivity index (χ0n) is 21.1. The van der Waals surface area contributed by atoms with Crippen LogP contribution in [0.15, 0.2) is 70.3 Å². The minimum Gasteiger partial charge on any atom is -0.455 e. The van der Waals surface area contributed by atoms with Gasteiger partial charge in [-0.1, -0.05) is 43.6 Å². The van der Waals surface area contributed by atoms with E-state index >= 15 is 0 Å². The van der Waals surface area contributed by atoms with Gasteiger partial charge in [0.15, 0.2) is 0 Å². The normalized spacial score (nSPS) is 12.1. The van der Waals surface area contributed by atoms with Crippen LogP contribution in [0, 0.1) is 16.0 Å². The number of nitro groups is 1. The van der Waals surface area contributed by atoms with Crippen molar-refractivity contribution in [3.63, 3.8) is 0 Å². The molecule has 0 aliphatic carbocycles. The number of benzene rings is 2. The maximum absolute atomic E-state index is 13.0. The van der Waals surface area contributed by atoms with Gasteiger partial charge in [-0.25, -0.2) is 10.2 Å². The Bertz CT molecular complexity index is 1530. The first kappa shape index (κ1) is 27.4. The van der Waals surface area contributed by atoms with E-state index in [4.69, 9.17) is 20.8 Å². The molecule has 4 rings (SSSR count). The number of fused-ring (bicyclic) bond motifs is 1. The van der Waals surface area contributed by atoms with Gasteiger partial charge in [0.05, 0.1) is 17.7 Å². The maximum atomic E-state index is 13.0. The van der Waals surface area contributed by atoms with Crippen LogP contribution < -0.4 is 10.7 Å². The number of ether oxygens (including phenoxy) is 1. The van der Waals surface area contributed by atoms with E-state index in [0.717, 1.165) is 16.5 Å². The molecule has 2 amide bonds. The molecule has 0 unspecified atom stereocenters. The summed E-state index contributed by atoms with van der Waals surface area (Å²) < 4.78 is 10.9. The molecule has 0 fully saturated rings. The van der Waals surface area contributed by atoms with Crippen LogP contribution in [0.1, 0.15) is 25.2 Å². The fraction of sp³-hybridized carbons (Fsp3) is 0.222. The number of aromatic nitrogens is 1. The SMILES string of the molecule is CC(C)COC(=O)N[C@H](Cc1c[nH]c2ccccc12)C(=O)N/N=C\c1ccc(-c2ccc(Cl)c([N+](=O)[O-])c2)o1. The highest BCUT2D eigenvalue weighted by atomic mass is 35.5. The smallest absolute Gasteiger partial charge is 0.407 e. The predicted octanol–water partition coefficient (Wildman–Crippen LogP) is 5.43. The highest BCUT2D eigenvalue weighted by Crippen LogP contribution is 2.31. The number of hydrogen-bond donors (Lipinski definition) is 3. The number of nitrogens with zero attached hydrogens (tertiary/aromatic N) is 2. The van der Waals surface area contributed by atoms with Gasteiger partial charge in [0.25, 0.3) is 11.6 Å². The molecule has 0 spiro atoms. The minimum absolute atomic E-state index is 0.0173. The molecule has 0 radical (unpaired) electrons. The van der Waals surface area contributed by atoms with Crippen molar-refractivity contribution in [3.8, 4) is 11.3 Å². The number of aromatic amines is 1. The number of hydrogen-bond acceptors (Lipinski definition) is 7. The van der Waals surface area contributed by atoms with Crippen molar-refractivity contribution in [2.45, 2.75) is 26.3 Å². The number of hydrazone groups is 1. The molecular formula is C27H26ClN5O6. The molecule has 2 heterocycles. The summed E-state index contributed by atoms with van der Waals surface area (Å²) in [6.45, 7) is 4.03. The number of rotatable bonds is 10. The van der Waals surface area contributed by atoms with Gasteiger partial charge in [0, 0.05) is 35.2 Å². The Kier molecular flexibility index (Phi) is 8.62. The third kappa shape index (κ3) is 7.02. The zero-order chi connectivity index (χ0) is 27.9. The number of halogens is 1. The first-order valence-corrected chi connectivity index (χ1v) is 12.4. The van der Waals surface area contributed by atoms with E-state index in [1.54, 1.807) is 24.4 Å². The van der Waals surface area contributed by atoms with Gasteiger partial charge in [0.1, 0.15) is 22.6 Å². The number of furan rings is 1. The second-order valence-electron chi connectivity index (χ2n) is 9.11. The quantitative estimate of drug-likeness (QED) is 0.136. The van der Waals surface area contributed by atoms with Crippen LogP contribution in [-0.2, 0) is 16.0 Å². The van der Waals surface area contributed by atoms with Gasteiger partial charge in [-0.3, -0.25) is 14.9 Å². The summed E-state index contributed by atoms with van der Waals surface area (Å²) in [5.74, 6) is 0.228. The Morgan fingerprint density at radius 2 is 2.00 bits per heavy atom. The minimum atomic E-state index is -0.970. The predicted molar refractivity (Wildman–Crippen MR) is 147 cm³/mol. The molecule has 3 N–H and O–H groups in total. The zero-order valence-corrected chi connectivity index (χ0v) is 21.9. The molecule has 0 saturated carbocycles. The highest BCUT2D eigenvalue weighted by Gasteiger charge is 2.23. The molecule has 0 saturated heterocycles. The average Bonchev–Trinajstić information content (AvgIpc) is 3.54. The Labute approximate surface area is 228 Å². The number of amides is 2. The number of nitrogens with one attached hydrogen (secondary N) is 3. The van der Waals surface area contributed by atoms with Gasteiger partial charge in [-0.2, -0.15) is 5.10 Å². The summed E-state index contributed by atoms with van der Waals surface area (Å²) in [5.41, 5.74) is 4.39. The summed E-state index contributed by atoms with van der Waals surface area (Å²) in [6, 6.07) is 14.2. The second-order valence-corrected chi connectivity index (χ2v) is 9.52. The monoisotopic (exact) mass is 551 g/mol. The molecule has 12 heteroatoms. The van der Waals surface area contributed by atoms with Crippen LogP contribution in [0.3, 0.4) is 0 Å². The summed E-state index contributed by atoms with van der Waals surface area (Å²) in [7, 11) is 0. The number of nitro benzene ring substituents is 1. The van der Waals surface area contributed by atoms with Crippen molar-refractivity contribution < 1.29 is 23.7 Å². The van der Waals surface area contributed by atoms with Gasteiger partial charge in [-0.05, 0) is 41.8 Å². The molecule has 4 aromatic rings. The number of para-hydroxylation sites is 1. The Morgan fingerprint density at radius 1 is 1.21 bits per heavy atom. The van der Waals surface area contributed by atoms with Crippen molar-refractivity contribution in [1.82, 2.24) is 15.7 Å². The lowest BCUT2D eigenvalue weighted by Crippen LogP contribution is -2.47. The van der Waals surface area contributed by atoms with Crippen molar-refractivity contribution in [3.05, 3.63) is 87.3 Å². The Balaban J connectivity index is 1.46. The first-order valence-electron chi connectivity index (χ1n) is 12.1. The lowest BCUT2D eigenvalue weighted by molar-refractivity contribution is -0.384. The van der Waals surface area contributed by atoms with Gasteiger partial charge >= 0.3 is 6.09 Å². The lowest BCUT2D eigenvalue weighted by Gasteiger charge is -2.17. The fourth-order valence-electron chi connectivity index (χ4n) is 3.78. The summed E-state index contributed by atoms with van der Waals surface area (Å²) in [4.78, 5) is 39.1. The largest absolute Gasteiger partial charge is 0.455 e. The molecule has 1 atom stereocenters.